The maximum Gasteiger partial charge on any atom is 0.334 e. The lowest BCUT2D eigenvalue weighted by molar-refractivity contribution is 0.0364. The molecule has 4 heterocycles. The molecule has 0 radical (unpaired) electrons. The number of piperidine rings is 1. The van der Waals surface area contributed by atoms with Gasteiger partial charge in [-0.25, -0.2) is 25.4 Å². The SMILES string of the molecule is CN1CCCC1CCN(N)C(=O)N1CCC(c2[nH]nc3c2C(=O)c2c-3cccc2N(C(N)=O)N2CCOCC2)CC1. The highest BCUT2D eigenvalue weighted by Gasteiger charge is 2.40. The molecule has 1 aromatic heterocycles. The van der Waals surface area contributed by atoms with Crippen LogP contribution < -0.4 is 16.6 Å². The minimum absolute atomic E-state index is 0.0434. The molecule has 220 valence electrons. The third-order valence-electron chi connectivity index (χ3n) is 9.05. The first-order valence-corrected chi connectivity index (χ1v) is 14.5. The number of benzene rings is 1. The number of carbonyl (C=O) groups excluding carboxylic acids is 3. The van der Waals surface area contributed by atoms with E-state index in [1.807, 2.05) is 17.1 Å². The monoisotopic (exact) mass is 565 g/mol. The van der Waals surface area contributed by atoms with Crippen LogP contribution in [0.15, 0.2) is 18.2 Å². The molecule has 4 aliphatic rings. The molecule has 1 unspecified atom stereocenters. The Kier molecular flexibility index (Phi) is 7.68. The first-order chi connectivity index (χ1) is 19.8. The van der Waals surface area contributed by atoms with Crippen LogP contribution in [0, 0.1) is 0 Å². The normalized spacial score (nSPS) is 21.7. The lowest BCUT2D eigenvalue weighted by atomic mass is 9.90. The number of hydrogen-bond donors (Lipinski definition) is 3. The van der Waals surface area contributed by atoms with Crippen LogP contribution in [0.25, 0.3) is 11.3 Å². The number of hydrogen-bond acceptors (Lipinski definition) is 8. The van der Waals surface area contributed by atoms with Crippen LogP contribution in [0.3, 0.4) is 0 Å². The molecule has 0 saturated carbocycles. The number of morpholine rings is 1. The molecule has 3 fully saturated rings. The van der Waals surface area contributed by atoms with Gasteiger partial charge in [-0.1, -0.05) is 12.1 Å². The average Bonchev–Trinajstić information content (AvgIpc) is 3.68. The van der Waals surface area contributed by atoms with Gasteiger partial charge in [0, 0.05) is 50.2 Å². The second-order valence-electron chi connectivity index (χ2n) is 11.4. The number of hydrazine groups is 2. The quantitative estimate of drug-likeness (QED) is 0.232. The summed E-state index contributed by atoms with van der Waals surface area (Å²) in [6, 6.07) is 5.09. The minimum atomic E-state index is -0.652. The van der Waals surface area contributed by atoms with Crippen LogP contribution in [0.4, 0.5) is 15.3 Å². The number of anilines is 1. The molecule has 0 spiro atoms. The molecule has 1 atom stereocenters. The number of aromatic nitrogens is 2. The van der Waals surface area contributed by atoms with Gasteiger partial charge in [0.05, 0.1) is 35.7 Å². The molecule has 13 heteroatoms. The molecule has 1 aromatic carbocycles. The number of likely N-dealkylation sites (tertiary alicyclic amines) is 2. The molecule has 6 rings (SSSR count). The second kappa shape index (κ2) is 11.4. The Morgan fingerprint density at radius 2 is 1.85 bits per heavy atom. The van der Waals surface area contributed by atoms with Gasteiger partial charge in [-0.3, -0.25) is 14.9 Å². The lowest BCUT2D eigenvalue weighted by Gasteiger charge is -2.36. The number of ether oxygens (including phenoxy) is 1. The summed E-state index contributed by atoms with van der Waals surface area (Å²) in [4.78, 5) is 43.7. The zero-order valence-electron chi connectivity index (χ0n) is 23.6. The van der Waals surface area contributed by atoms with Crippen LogP contribution in [0.2, 0.25) is 0 Å². The molecular weight excluding hydrogens is 526 g/mol. The number of nitrogens with one attached hydrogen (secondary N) is 1. The molecule has 4 amide bonds. The zero-order valence-corrected chi connectivity index (χ0v) is 23.6. The third-order valence-corrected chi connectivity index (χ3v) is 9.05. The fourth-order valence-corrected chi connectivity index (χ4v) is 6.79. The average molecular weight is 566 g/mol. The summed E-state index contributed by atoms with van der Waals surface area (Å²) >= 11 is 0. The van der Waals surface area contributed by atoms with E-state index in [1.54, 1.807) is 11.0 Å². The van der Waals surface area contributed by atoms with Gasteiger partial charge in [0.15, 0.2) is 5.78 Å². The number of rotatable bonds is 6. The largest absolute Gasteiger partial charge is 0.379 e. The van der Waals surface area contributed by atoms with Crippen molar-refractivity contribution >= 4 is 23.5 Å². The van der Waals surface area contributed by atoms with Crippen molar-refractivity contribution in [3.63, 3.8) is 0 Å². The Balaban J connectivity index is 1.15. The van der Waals surface area contributed by atoms with Crippen molar-refractivity contribution in [1.29, 1.82) is 0 Å². The van der Waals surface area contributed by atoms with Crippen LogP contribution in [-0.4, -0.2) is 113 Å². The molecule has 41 heavy (non-hydrogen) atoms. The van der Waals surface area contributed by atoms with E-state index in [0.717, 1.165) is 25.1 Å². The van der Waals surface area contributed by atoms with Gasteiger partial charge in [0.2, 0.25) is 0 Å². The summed E-state index contributed by atoms with van der Waals surface area (Å²) < 4.78 is 5.44. The van der Waals surface area contributed by atoms with Crippen molar-refractivity contribution in [2.45, 2.75) is 44.1 Å². The van der Waals surface area contributed by atoms with E-state index in [2.05, 4.69) is 22.1 Å². The van der Waals surface area contributed by atoms with Gasteiger partial charge in [0.1, 0.15) is 5.69 Å². The smallest absolute Gasteiger partial charge is 0.334 e. The van der Waals surface area contributed by atoms with E-state index in [1.165, 1.54) is 16.4 Å². The Hall–Kier alpha value is -3.52. The Morgan fingerprint density at radius 1 is 1.10 bits per heavy atom. The van der Waals surface area contributed by atoms with Gasteiger partial charge in [0.25, 0.3) is 0 Å². The number of urea groups is 2. The number of amides is 4. The standard InChI is InChI=1S/C28H39N9O4/c1-33-10-3-4-19(33)9-13-36(30)28(40)34-11-7-18(8-12-34)24-23-25(32-31-24)20-5-2-6-21(22(20)26(23)38)37(27(29)39)35-14-16-41-17-15-35/h2,5-6,18-19H,3-4,7-17,30H2,1H3,(H2,29,39)(H,31,32). The van der Waals surface area contributed by atoms with Crippen molar-refractivity contribution in [1.82, 2.24) is 30.0 Å². The van der Waals surface area contributed by atoms with Crippen LogP contribution in [-0.2, 0) is 4.74 Å². The van der Waals surface area contributed by atoms with E-state index in [-0.39, 0.29) is 17.7 Å². The maximum absolute atomic E-state index is 13.9. The van der Waals surface area contributed by atoms with Crippen molar-refractivity contribution in [2.24, 2.45) is 11.6 Å². The molecule has 1 aliphatic carbocycles. The number of fused-ring (bicyclic) bond motifs is 3. The number of primary amides is 1. The zero-order chi connectivity index (χ0) is 28.7. The lowest BCUT2D eigenvalue weighted by Crippen LogP contribution is -2.54. The molecule has 0 bridgehead atoms. The Labute approximate surface area is 239 Å². The van der Waals surface area contributed by atoms with Gasteiger partial charge in [-0.15, -0.1) is 0 Å². The summed E-state index contributed by atoms with van der Waals surface area (Å²) in [6.45, 7) is 4.66. The summed E-state index contributed by atoms with van der Waals surface area (Å²) in [5, 5.41) is 12.2. The molecule has 5 N–H and O–H groups in total. The van der Waals surface area contributed by atoms with Crippen LogP contribution in [0.1, 0.15) is 59.6 Å². The van der Waals surface area contributed by atoms with Crippen molar-refractivity contribution in [3.8, 4) is 11.3 Å². The van der Waals surface area contributed by atoms with E-state index >= 15 is 0 Å². The predicted molar refractivity (Wildman–Crippen MR) is 152 cm³/mol. The fourth-order valence-electron chi connectivity index (χ4n) is 6.79. The highest BCUT2D eigenvalue weighted by atomic mass is 16.5. The fraction of sp³-hybridized carbons (Fsp3) is 0.571. The maximum atomic E-state index is 13.9. The van der Waals surface area contributed by atoms with Crippen LogP contribution in [0.5, 0.6) is 0 Å². The van der Waals surface area contributed by atoms with Gasteiger partial charge in [-0.05, 0) is 51.8 Å². The topological polar surface area (TPSA) is 157 Å². The summed E-state index contributed by atoms with van der Waals surface area (Å²) in [6.07, 6.45) is 4.60. The van der Waals surface area contributed by atoms with Gasteiger partial charge >= 0.3 is 12.1 Å². The number of H-pyrrole nitrogens is 1. The predicted octanol–water partition coefficient (Wildman–Crippen LogP) is 1.71. The Morgan fingerprint density at radius 3 is 2.54 bits per heavy atom. The minimum Gasteiger partial charge on any atom is -0.379 e. The van der Waals surface area contributed by atoms with Gasteiger partial charge < -0.3 is 20.3 Å². The Bertz CT molecular complexity index is 1320. The van der Waals surface area contributed by atoms with E-state index in [0.29, 0.717) is 92.9 Å². The van der Waals surface area contributed by atoms with Crippen molar-refractivity contribution < 1.29 is 19.1 Å². The van der Waals surface area contributed by atoms with E-state index in [4.69, 9.17) is 16.3 Å². The first-order valence-electron chi connectivity index (χ1n) is 14.5. The van der Waals surface area contributed by atoms with E-state index < -0.39 is 6.03 Å². The van der Waals surface area contributed by atoms with Gasteiger partial charge in [-0.2, -0.15) is 5.10 Å². The van der Waals surface area contributed by atoms with Crippen LogP contribution >= 0.6 is 0 Å². The molecule has 3 aliphatic heterocycles. The second-order valence-corrected chi connectivity index (χ2v) is 11.4. The summed E-state index contributed by atoms with van der Waals surface area (Å²) in [5.74, 6) is 6.04. The number of nitrogens with zero attached hydrogens (tertiary/aromatic N) is 6. The first kappa shape index (κ1) is 27.6. The molecule has 2 aromatic rings. The van der Waals surface area contributed by atoms with Crippen molar-refractivity contribution in [3.05, 3.63) is 35.0 Å². The van der Waals surface area contributed by atoms with E-state index in [9.17, 15) is 14.4 Å². The number of aromatic amines is 1. The number of nitrogens with two attached hydrogens (primary N) is 2. The van der Waals surface area contributed by atoms with Crippen molar-refractivity contribution in [2.75, 3.05) is 64.5 Å². The highest BCUT2D eigenvalue weighted by Crippen LogP contribution is 2.44. The highest BCUT2D eigenvalue weighted by molar-refractivity contribution is 6.25. The molecular formula is C28H39N9O4. The third kappa shape index (κ3) is 5.07. The summed E-state index contributed by atoms with van der Waals surface area (Å²) in [7, 11) is 2.12. The number of carbonyl (C=O) groups is 3. The molecule has 3 saturated heterocycles. The number of ketones is 1. The summed E-state index contributed by atoms with van der Waals surface area (Å²) in [5.41, 5.74) is 9.30. The molecule has 13 nitrogen and oxygen atoms in total.